The van der Waals surface area contributed by atoms with Crippen LogP contribution in [0.25, 0.3) is 0 Å². The van der Waals surface area contributed by atoms with Gasteiger partial charge in [-0.1, -0.05) is 24.3 Å². The SMILES string of the molecule is CC1=NN(c2ccc(S(=O)(=O)[O-])cc2)C(=O)C1C(c1ccc(N(C)C)cc1)c1ccc(N(C)C)cc1.[NH4+]. The van der Waals surface area contributed by atoms with Crippen molar-refractivity contribution in [1.82, 2.24) is 6.15 Å². The van der Waals surface area contributed by atoms with E-state index in [1.54, 1.807) is 0 Å². The van der Waals surface area contributed by atoms with Crippen LogP contribution in [-0.2, 0) is 14.9 Å². The Balaban J connectivity index is 0.00000380. The molecular weight excluding hydrogens is 490 g/mol. The van der Waals surface area contributed by atoms with Crippen molar-refractivity contribution in [3.8, 4) is 0 Å². The zero-order valence-corrected chi connectivity index (χ0v) is 22.7. The molecule has 1 unspecified atom stereocenters. The quantitative estimate of drug-likeness (QED) is 0.460. The van der Waals surface area contributed by atoms with Crippen molar-refractivity contribution in [2.45, 2.75) is 17.7 Å². The van der Waals surface area contributed by atoms with Gasteiger partial charge in [0.25, 0.3) is 5.91 Å². The summed E-state index contributed by atoms with van der Waals surface area (Å²) in [5, 5.41) is 5.82. The second-order valence-electron chi connectivity index (χ2n) is 9.27. The molecule has 0 saturated heterocycles. The summed E-state index contributed by atoms with van der Waals surface area (Å²) in [5.74, 6) is -1.05. The Hall–Kier alpha value is -3.73. The molecule has 1 amide bonds. The lowest BCUT2D eigenvalue weighted by Crippen LogP contribution is -2.32. The Labute approximate surface area is 218 Å². The second-order valence-corrected chi connectivity index (χ2v) is 10.6. The van der Waals surface area contributed by atoms with Crippen molar-refractivity contribution in [3.05, 3.63) is 83.9 Å². The molecule has 4 N–H and O–H groups in total. The number of carbonyl (C=O) groups is 1. The molecule has 0 aromatic heterocycles. The van der Waals surface area contributed by atoms with Gasteiger partial charge in [0.15, 0.2) is 0 Å². The van der Waals surface area contributed by atoms with Gasteiger partial charge < -0.3 is 20.5 Å². The van der Waals surface area contributed by atoms with Crippen molar-refractivity contribution in [2.75, 3.05) is 43.0 Å². The first-order chi connectivity index (χ1) is 17.0. The van der Waals surface area contributed by atoms with E-state index in [-0.39, 0.29) is 22.9 Å². The average Bonchev–Trinajstić information content (AvgIpc) is 3.13. The van der Waals surface area contributed by atoms with E-state index in [1.807, 2.05) is 93.4 Å². The molecule has 196 valence electrons. The maximum Gasteiger partial charge on any atom is 0.257 e. The Morgan fingerprint density at radius 1 is 0.811 bits per heavy atom. The first-order valence-electron chi connectivity index (χ1n) is 11.5. The van der Waals surface area contributed by atoms with E-state index in [2.05, 4.69) is 5.10 Å². The molecule has 0 aliphatic carbocycles. The molecule has 1 aliphatic heterocycles. The Bertz CT molecular complexity index is 1330. The minimum absolute atomic E-state index is 0. The zero-order valence-electron chi connectivity index (χ0n) is 21.9. The van der Waals surface area contributed by atoms with Crippen LogP contribution in [0.5, 0.6) is 0 Å². The molecule has 0 fully saturated rings. The molecule has 3 aromatic carbocycles. The predicted molar refractivity (Wildman–Crippen MR) is 148 cm³/mol. The molecule has 10 heteroatoms. The van der Waals surface area contributed by atoms with Crippen molar-refractivity contribution < 1.29 is 17.8 Å². The van der Waals surface area contributed by atoms with E-state index in [0.717, 1.165) is 22.5 Å². The van der Waals surface area contributed by atoms with E-state index >= 15 is 0 Å². The largest absolute Gasteiger partial charge is 0.744 e. The number of benzene rings is 3. The van der Waals surface area contributed by atoms with Crippen LogP contribution in [0.2, 0.25) is 0 Å². The highest BCUT2D eigenvalue weighted by atomic mass is 32.2. The first-order valence-corrected chi connectivity index (χ1v) is 12.9. The molecule has 1 atom stereocenters. The number of carbonyl (C=O) groups excluding carboxylic acids is 1. The fraction of sp³-hybridized carbons (Fsp3) is 0.259. The summed E-state index contributed by atoms with van der Waals surface area (Å²) in [4.78, 5) is 17.4. The highest BCUT2D eigenvalue weighted by molar-refractivity contribution is 7.85. The minimum atomic E-state index is -4.58. The number of hydrogen-bond acceptors (Lipinski definition) is 7. The van der Waals surface area contributed by atoms with Crippen LogP contribution in [0, 0.1) is 5.92 Å². The number of nitrogens with zero attached hydrogens (tertiary/aromatic N) is 4. The van der Waals surface area contributed by atoms with Crippen LogP contribution >= 0.6 is 0 Å². The summed E-state index contributed by atoms with van der Waals surface area (Å²) in [6, 6.07) is 21.5. The monoisotopic (exact) mass is 523 g/mol. The summed E-state index contributed by atoms with van der Waals surface area (Å²) in [7, 11) is 3.33. The van der Waals surface area contributed by atoms with Gasteiger partial charge in [-0.05, 0) is 66.6 Å². The number of quaternary nitrogens is 1. The summed E-state index contributed by atoms with van der Waals surface area (Å²) >= 11 is 0. The molecule has 9 nitrogen and oxygen atoms in total. The fourth-order valence-corrected chi connectivity index (χ4v) is 4.91. The molecule has 4 rings (SSSR count). The zero-order chi connectivity index (χ0) is 26.2. The normalized spacial score (nSPS) is 15.4. The number of anilines is 3. The van der Waals surface area contributed by atoms with Crippen LogP contribution in [0.15, 0.2) is 82.8 Å². The molecular formula is C27H33N5O4S. The molecule has 0 bridgehead atoms. The molecule has 0 saturated carbocycles. The van der Waals surface area contributed by atoms with Gasteiger partial charge in [-0.3, -0.25) is 4.79 Å². The van der Waals surface area contributed by atoms with Gasteiger partial charge in [0.05, 0.1) is 16.5 Å². The fourth-order valence-electron chi connectivity index (χ4n) is 4.44. The maximum absolute atomic E-state index is 13.8. The molecule has 1 heterocycles. The second kappa shape index (κ2) is 10.7. The molecule has 37 heavy (non-hydrogen) atoms. The lowest BCUT2D eigenvalue weighted by atomic mass is 9.78. The number of hydrazone groups is 1. The van der Waals surface area contributed by atoms with E-state index in [0.29, 0.717) is 11.4 Å². The number of rotatable bonds is 7. The maximum atomic E-state index is 13.8. The molecule has 0 radical (unpaired) electrons. The van der Waals surface area contributed by atoms with Crippen LogP contribution in [0.4, 0.5) is 17.1 Å². The third kappa shape index (κ3) is 5.66. The van der Waals surface area contributed by atoms with Crippen LogP contribution in [-0.4, -0.2) is 52.8 Å². The van der Waals surface area contributed by atoms with Gasteiger partial charge in [0.1, 0.15) is 10.1 Å². The van der Waals surface area contributed by atoms with Gasteiger partial charge >= 0.3 is 0 Å². The lowest BCUT2D eigenvalue weighted by molar-refractivity contribution is -0.120. The van der Waals surface area contributed by atoms with E-state index < -0.39 is 16.0 Å². The Morgan fingerprint density at radius 3 is 1.62 bits per heavy atom. The first kappa shape index (κ1) is 27.9. The van der Waals surface area contributed by atoms with E-state index in [1.165, 1.54) is 29.3 Å². The van der Waals surface area contributed by atoms with Crippen molar-refractivity contribution >= 4 is 38.8 Å². The topological polar surface area (TPSA) is 133 Å². The van der Waals surface area contributed by atoms with E-state index in [9.17, 15) is 17.8 Å². The average molecular weight is 524 g/mol. The van der Waals surface area contributed by atoms with Crippen LogP contribution in [0.1, 0.15) is 24.0 Å². The number of hydrogen-bond donors (Lipinski definition) is 1. The van der Waals surface area contributed by atoms with Gasteiger partial charge in [-0.15, -0.1) is 0 Å². The van der Waals surface area contributed by atoms with Gasteiger partial charge in [0, 0.05) is 51.2 Å². The van der Waals surface area contributed by atoms with Crippen molar-refractivity contribution in [3.63, 3.8) is 0 Å². The molecule has 0 spiro atoms. The van der Waals surface area contributed by atoms with Gasteiger partial charge in [-0.2, -0.15) is 5.10 Å². The minimum Gasteiger partial charge on any atom is -0.744 e. The number of amides is 1. The van der Waals surface area contributed by atoms with E-state index in [4.69, 9.17) is 0 Å². The predicted octanol–water partition coefficient (Wildman–Crippen LogP) is 4.27. The highest BCUT2D eigenvalue weighted by Gasteiger charge is 2.41. The highest BCUT2D eigenvalue weighted by Crippen LogP contribution is 2.39. The standard InChI is InChI=1S/C27H30N4O4S.H3N/c1-18-25(27(32)31(28-18)23-14-16-24(17-15-23)36(33,34)35)26(19-6-10-21(11-7-19)29(2)3)20-8-12-22(13-9-20)30(4)5;/h6-17,25-26H,1-5H3,(H,33,34,35);1H3. The Kier molecular flexibility index (Phi) is 8.06. The lowest BCUT2D eigenvalue weighted by Gasteiger charge is -2.26. The third-order valence-electron chi connectivity index (χ3n) is 6.42. The molecule has 1 aliphatic rings. The summed E-state index contributed by atoms with van der Waals surface area (Å²) in [6.45, 7) is 1.83. The smallest absolute Gasteiger partial charge is 0.257 e. The van der Waals surface area contributed by atoms with Crippen molar-refractivity contribution in [2.24, 2.45) is 11.0 Å². The Morgan fingerprint density at radius 2 is 1.24 bits per heavy atom. The van der Waals surface area contributed by atoms with Gasteiger partial charge in [-0.25, -0.2) is 13.4 Å². The summed E-state index contributed by atoms with van der Waals surface area (Å²) < 4.78 is 33.9. The van der Waals surface area contributed by atoms with Gasteiger partial charge in [0.2, 0.25) is 0 Å². The van der Waals surface area contributed by atoms with Crippen LogP contribution < -0.4 is 21.0 Å². The summed E-state index contributed by atoms with van der Waals surface area (Å²) in [6.07, 6.45) is 0. The summed E-state index contributed by atoms with van der Waals surface area (Å²) in [5.41, 5.74) is 5.14. The van der Waals surface area contributed by atoms with Crippen LogP contribution in [0.3, 0.4) is 0 Å². The molecule has 3 aromatic rings. The van der Waals surface area contributed by atoms with Crippen molar-refractivity contribution in [1.29, 1.82) is 0 Å². The third-order valence-corrected chi connectivity index (χ3v) is 7.27.